The lowest BCUT2D eigenvalue weighted by atomic mass is 9.93. The Hall–Kier alpha value is -0.520. The van der Waals surface area contributed by atoms with E-state index in [1.54, 1.807) is 0 Å². The molecule has 0 heterocycles. The number of hydrogen-bond donors (Lipinski definition) is 1. The molecule has 0 rings (SSSR count). The van der Waals surface area contributed by atoms with Crippen LogP contribution in [0.25, 0.3) is 0 Å². The molecular formula is C12H24N2. The molecule has 0 aliphatic rings. The van der Waals surface area contributed by atoms with Gasteiger partial charge in [-0.1, -0.05) is 26.7 Å². The summed E-state index contributed by atoms with van der Waals surface area (Å²) in [5.74, 6) is 2.66. The molecule has 0 fully saturated rings. The van der Waals surface area contributed by atoms with Crippen molar-refractivity contribution in [1.82, 2.24) is 10.2 Å². The predicted molar refractivity (Wildman–Crippen MR) is 63.3 cm³/mol. The summed E-state index contributed by atoms with van der Waals surface area (Å²) in [4.78, 5) is 2.19. The minimum atomic E-state index is 0.292. The highest BCUT2D eigenvalue weighted by molar-refractivity contribution is 4.88. The summed E-state index contributed by atoms with van der Waals surface area (Å²) in [7, 11) is 2.07. The van der Waals surface area contributed by atoms with Gasteiger partial charge in [0.2, 0.25) is 0 Å². The highest BCUT2D eigenvalue weighted by atomic mass is 15.1. The molecule has 0 bridgehead atoms. The van der Waals surface area contributed by atoms with Crippen LogP contribution in [0.5, 0.6) is 0 Å². The van der Waals surface area contributed by atoms with E-state index >= 15 is 0 Å². The summed E-state index contributed by atoms with van der Waals surface area (Å²) in [5.41, 5.74) is 0.292. The van der Waals surface area contributed by atoms with E-state index < -0.39 is 0 Å². The maximum absolute atomic E-state index is 5.26. The number of nitrogens with one attached hydrogen (secondary N) is 1. The van der Waals surface area contributed by atoms with Gasteiger partial charge in [-0.15, -0.1) is 6.42 Å². The van der Waals surface area contributed by atoms with E-state index in [1.807, 2.05) is 0 Å². The van der Waals surface area contributed by atoms with Crippen molar-refractivity contribution in [3.8, 4) is 12.3 Å². The van der Waals surface area contributed by atoms with Gasteiger partial charge in [0.15, 0.2) is 0 Å². The van der Waals surface area contributed by atoms with Crippen LogP contribution in [0.4, 0.5) is 0 Å². The van der Waals surface area contributed by atoms with Gasteiger partial charge in [-0.3, -0.25) is 4.90 Å². The van der Waals surface area contributed by atoms with Gasteiger partial charge < -0.3 is 5.32 Å². The molecule has 0 aliphatic heterocycles. The third-order valence-electron chi connectivity index (χ3n) is 2.09. The van der Waals surface area contributed by atoms with Crippen molar-refractivity contribution in [2.45, 2.75) is 27.2 Å². The summed E-state index contributed by atoms with van der Waals surface area (Å²) in [6, 6.07) is 0. The SMILES string of the molecule is C#CCN(C)CC(C)(C)CNCCC. The maximum Gasteiger partial charge on any atom is 0.0596 e. The quantitative estimate of drug-likeness (QED) is 0.491. The first-order chi connectivity index (χ1) is 6.52. The Morgan fingerprint density at radius 2 is 2.07 bits per heavy atom. The molecule has 0 amide bonds. The van der Waals surface area contributed by atoms with Crippen molar-refractivity contribution in [3.63, 3.8) is 0 Å². The van der Waals surface area contributed by atoms with Gasteiger partial charge in [0.05, 0.1) is 6.54 Å². The lowest BCUT2D eigenvalue weighted by Gasteiger charge is -2.29. The average Bonchev–Trinajstić information content (AvgIpc) is 2.03. The van der Waals surface area contributed by atoms with E-state index in [0.717, 1.165) is 26.2 Å². The second kappa shape index (κ2) is 6.86. The third-order valence-corrected chi connectivity index (χ3v) is 2.09. The summed E-state index contributed by atoms with van der Waals surface area (Å²) >= 11 is 0. The zero-order valence-corrected chi connectivity index (χ0v) is 10.1. The Labute approximate surface area is 89.1 Å². The Morgan fingerprint density at radius 3 is 2.57 bits per heavy atom. The Balaban J connectivity index is 3.76. The number of hydrogen-bond acceptors (Lipinski definition) is 2. The van der Waals surface area contributed by atoms with Crippen molar-refractivity contribution in [2.24, 2.45) is 5.41 Å². The molecule has 0 aromatic rings. The minimum Gasteiger partial charge on any atom is -0.316 e. The van der Waals surface area contributed by atoms with Gasteiger partial charge >= 0.3 is 0 Å². The van der Waals surface area contributed by atoms with Crippen molar-refractivity contribution in [1.29, 1.82) is 0 Å². The molecule has 2 nitrogen and oxygen atoms in total. The fourth-order valence-electron chi connectivity index (χ4n) is 1.60. The third kappa shape index (κ3) is 6.94. The van der Waals surface area contributed by atoms with Crippen molar-refractivity contribution in [2.75, 3.05) is 33.2 Å². The highest BCUT2D eigenvalue weighted by Gasteiger charge is 2.18. The average molecular weight is 196 g/mol. The molecule has 0 saturated heterocycles. The lowest BCUT2D eigenvalue weighted by molar-refractivity contribution is 0.220. The molecule has 14 heavy (non-hydrogen) atoms. The summed E-state index contributed by atoms with van der Waals surface area (Å²) in [5, 5.41) is 3.44. The van der Waals surface area contributed by atoms with E-state index in [2.05, 4.69) is 44.0 Å². The molecule has 0 spiro atoms. The molecule has 2 heteroatoms. The Kier molecular flexibility index (Phi) is 6.61. The molecule has 0 unspecified atom stereocenters. The lowest BCUT2D eigenvalue weighted by Crippen LogP contribution is -2.39. The summed E-state index contributed by atoms with van der Waals surface area (Å²) in [6.07, 6.45) is 6.45. The fraction of sp³-hybridized carbons (Fsp3) is 0.833. The summed E-state index contributed by atoms with van der Waals surface area (Å²) in [6.45, 7) is 10.6. The highest BCUT2D eigenvalue weighted by Crippen LogP contribution is 2.14. The number of nitrogens with zero attached hydrogens (tertiary/aromatic N) is 1. The summed E-state index contributed by atoms with van der Waals surface area (Å²) < 4.78 is 0. The van der Waals surface area contributed by atoms with Crippen LogP contribution in [0.2, 0.25) is 0 Å². The second-order valence-electron chi connectivity index (χ2n) is 4.72. The maximum atomic E-state index is 5.26. The van der Waals surface area contributed by atoms with Crippen LogP contribution >= 0.6 is 0 Å². The molecule has 0 atom stereocenters. The minimum absolute atomic E-state index is 0.292. The molecule has 0 saturated carbocycles. The van der Waals surface area contributed by atoms with Crippen LogP contribution in [0.1, 0.15) is 27.2 Å². The van der Waals surface area contributed by atoms with Crippen molar-refractivity contribution in [3.05, 3.63) is 0 Å². The van der Waals surface area contributed by atoms with Crippen molar-refractivity contribution >= 4 is 0 Å². The molecule has 0 aliphatic carbocycles. The van der Waals surface area contributed by atoms with Crippen molar-refractivity contribution < 1.29 is 0 Å². The first kappa shape index (κ1) is 13.5. The number of rotatable bonds is 7. The molecule has 82 valence electrons. The first-order valence-electron chi connectivity index (χ1n) is 5.34. The van der Waals surface area contributed by atoms with Gasteiger partial charge in [-0.25, -0.2) is 0 Å². The van der Waals surface area contributed by atoms with Gasteiger partial charge in [0.1, 0.15) is 0 Å². The van der Waals surface area contributed by atoms with E-state index in [-0.39, 0.29) is 0 Å². The normalized spacial score (nSPS) is 11.7. The smallest absolute Gasteiger partial charge is 0.0596 e. The van der Waals surface area contributed by atoms with E-state index in [1.165, 1.54) is 6.42 Å². The van der Waals surface area contributed by atoms with E-state index in [9.17, 15) is 0 Å². The standard InChI is InChI=1S/C12H24N2/c1-6-8-13-10-12(3,4)11-14(5)9-7-2/h2,13H,6,8-11H2,1,3-5H3. The molecule has 0 aromatic carbocycles. The zero-order chi connectivity index (χ0) is 11.0. The zero-order valence-electron chi connectivity index (χ0n) is 10.1. The van der Waals surface area contributed by atoms with Gasteiger partial charge in [-0.2, -0.15) is 0 Å². The van der Waals surface area contributed by atoms with Gasteiger partial charge in [0, 0.05) is 13.1 Å². The number of terminal acetylenes is 1. The fourth-order valence-corrected chi connectivity index (χ4v) is 1.60. The van der Waals surface area contributed by atoms with Crippen LogP contribution in [0.15, 0.2) is 0 Å². The van der Waals surface area contributed by atoms with Crippen LogP contribution in [-0.4, -0.2) is 38.1 Å². The predicted octanol–water partition coefficient (Wildman–Crippen LogP) is 1.58. The monoisotopic (exact) mass is 196 g/mol. The first-order valence-corrected chi connectivity index (χ1v) is 5.34. The topological polar surface area (TPSA) is 15.3 Å². The van der Waals surface area contributed by atoms with Crippen LogP contribution < -0.4 is 5.32 Å². The molecule has 0 aromatic heterocycles. The molecule has 0 radical (unpaired) electrons. The Bertz CT molecular complexity index is 179. The van der Waals surface area contributed by atoms with Gasteiger partial charge in [0.25, 0.3) is 0 Å². The van der Waals surface area contributed by atoms with Crippen LogP contribution in [0, 0.1) is 17.8 Å². The van der Waals surface area contributed by atoms with Crippen LogP contribution in [-0.2, 0) is 0 Å². The molecule has 1 N–H and O–H groups in total. The largest absolute Gasteiger partial charge is 0.316 e. The van der Waals surface area contributed by atoms with Crippen LogP contribution in [0.3, 0.4) is 0 Å². The van der Waals surface area contributed by atoms with E-state index in [0.29, 0.717) is 5.41 Å². The Morgan fingerprint density at radius 1 is 1.43 bits per heavy atom. The van der Waals surface area contributed by atoms with E-state index in [4.69, 9.17) is 6.42 Å². The molecular weight excluding hydrogens is 172 g/mol. The second-order valence-corrected chi connectivity index (χ2v) is 4.72. The van der Waals surface area contributed by atoms with Gasteiger partial charge in [-0.05, 0) is 25.4 Å².